The van der Waals surface area contributed by atoms with E-state index in [0.717, 1.165) is 30.7 Å². The molecule has 0 unspecified atom stereocenters. The van der Waals surface area contributed by atoms with Crippen LogP contribution in [0, 0.1) is 0 Å². The fraction of sp³-hybridized carbons (Fsp3) is 0.462. The first-order valence-electron chi connectivity index (χ1n) is 7.21. The predicted octanol–water partition coefficient (Wildman–Crippen LogP) is 0.641. The lowest BCUT2D eigenvalue weighted by Gasteiger charge is -2.37. The molecule has 1 aromatic heterocycles. The quantitative estimate of drug-likeness (QED) is 0.637. The van der Waals surface area contributed by atoms with Gasteiger partial charge in [-0.1, -0.05) is 0 Å². The molecule has 1 saturated heterocycles. The van der Waals surface area contributed by atoms with Gasteiger partial charge in [-0.2, -0.15) is 0 Å². The average Bonchev–Trinajstić information content (AvgIpc) is 2.83. The zero-order valence-corrected chi connectivity index (χ0v) is 14.9. The van der Waals surface area contributed by atoms with Crippen LogP contribution in [-0.4, -0.2) is 74.0 Å². The van der Waals surface area contributed by atoms with E-state index in [2.05, 4.69) is 47.2 Å². The summed E-state index contributed by atoms with van der Waals surface area (Å²) >= 11 is 3.37. The molecule has 0 spiro atoms. The van der Waals surface area contributed by atoms with Crippen molar-refractivity contribution in [2.24, 2.45) is 9.39 Å². The molecule has 0 saturated carbocycles. The summed E-state index contributed by atoms with van der Waals surface area (Å²) in [6.07, 6.45) is 1.66. The lowest BCUT2D eigenvalue weighted by Crippen LogP contribution is -2.52. The van der Waals surface area contributed by atoms with Crippen LogP contribution in [0.2, 0.25) is 0 Å². The van der Waals surface area contributed by atoms with E-state index < -0.39 is 10.0 Å². The van der Waals surface area contributed by atoms with E-state index >= 15 is 0 Å². The fourth-order valence-electron chi connectivity index (χ4n) is 2.87. The van der Waals surface area contributed by atoms with E-state index in [1.54, 1.807) is 11.1 Å². The van der Waals surface area contributed by atoms with Crippen molar-refractivity contribution in [3.63, 3.8) is 0 Å². The second-order valence-electron chi connectivity index (χ2n) is 5.78. The highest BCUT2D eigenvalue weighted by Gasteiger charge is 2.39. The maximum Gasteiger partial charge on any atom is 0.273 e. The van der Waals surface area contributed by atoms with Crippen LogP contribution in [0.3, 0.4) is 0 Å². The molecule has 1 fully saturated rings. The molecule has 0 amide bonds. The second kappa shape index (κ2) is 5.25. The zero-order chi connectivity index (χ0) is 16.2. The van der Waals surface area contributed by atoms with Crippen molar-refractivity contribution in [3.05, 3.63) is 16.7 Å². The van der Waals surface area contributed by atoms with E-state index in [0.29, 0.717) is 23.2 Å². The number of rotatable bonds is 0. The standard InChI is InChI=1S/C13H15BrN6O2S/c1-18-2-4-19(5-3-18)12-13-17-23(21,22)8-20(13)10-6-9(14)7-15-11(10)16-12/h6-7H,2-5,8H2,1H3. The number of sulfonamides is 1. The molecule has 10 heteroatoms. The number of hydrogen-bond acceptors (Lipinski definition) is 7. The molecule has 0 N–H and O–H groups in total. The number of hydrogen-bond donors (Lipinski definition) is 0. The van der Waals surface area contributed by atoms with Crippen LogP contribution in [-0.2, 0) is 10.0 Å². The second-order valence-corrected chi connectivity index (χ2v) is 8.30. The molecule has 3 aliphatic rings. The summed E-state index contributed by atoms with van der Waals surface area (Å²) in [4.78, 5) is 14.9. The first kappa shape index (κ1) is 15.0. The number of anilines is 1. The summed E-state index contributed by atoms with van der Waals surface area (Å²) in [6.45, 7) is 3.38. The van der Waals surface area contributed by atoms with Gasteiger partial charge >= 0.3 is 0 Å². The van der Waals surface area contributed by atoms with Gasteiger partial charge in [0.05, 0.1) is 5.69 Å². The van der Waals surface area contributed by atoms with E-state index in [1.807, 2.05) is 6.07 Å². The maximum atomic E-state index is 12.0. The van der Waals surface area contributed by atoms with Crippen LogP contribution in [0.4, 0.5) is 11.5 Å². The van der Waals surface area contributed by atoms with Crippen LogP contribution < -0.4 is 4.90 Å². The molecule has 0 bridgehead atoms. The Labute approximate surface area is 142 Å². The highest BCUT2D eigenvalue weighted by Crippen LogP contribution is 2.36. The third-order valence-electron chi connectivity index (χ3n) is 4.09. The summed E-state index contributed by atoms with van der Waals surface area (Å²) in [5, 5.41) is 0. The Morgan fingerprint density at radius 3 is 2.65 bits per heavy atom. The summed E-state index contributed by atoms with van der Waals surface area (Å²) in [5.41, 5.74) is 0.664. The Hall–Kier alpha value is -1.52. The van der Waals surface area contributed by atoms with Crippen molar-refractivity contribution in [1.29, 1.82) is 0 Å². The number of amidine groups is 2. The molecule has 4 heterocycles. The molecular weight excluding hydrogens is 384 g/mol. The third kappa shape index (κ3) is 2.64. The Kier molecular flexibility index (Phi) is 3.43. The fourth-order valence-corrected chi connectivity index (χ4v) is 4.27. The minimum Gasteiger partial charge on any atom is -0.351 e. The van der Waals surface area contributed by atoms with Gasteiger partial charge in [0.15, 0.2) is 17.5 Å². The van der Waals surface area contributed by atoms with Crippen molar-refractivity contribution in [1.82, 2.24) is 14.8 Å². The number of pyridine rings is 1. The lowest BCUT2D eigenvalue weighted by atomic mass is 10.2. The minimum absolute atomic E-state index is 0.166. The maximum absolute atomic E-state index is 12.0. The first-order chi connectivity index (χ1) is 10.9. The van der Waals surface area contributed by atoms with Crippen LogP contribution in [0.25, 0.3) is 0 Å². The summed E-state index contributed by atoms with van der Waals surface area (Å²) in [6, 6.07) is 1.82. The zero-order valence-electron chi connectivity index (χ0n) is 12.5. The number of nitrogens with zero attached hydrogens (tertiary/aromatic N) is 6. The van der Waals surface area contributed by atoms with E-state index in [9.17, 15) is 8.42 Å². The number of likely N-dealkylation sites (N-methyl/N-ethyl adjacent to an activating group) is 1. The van der Waals surface area contributed by atoms with Gasteiger partial charge in [-0.15, -0.1) is 4.40 Å². The molecule has 0 aliphatic carbocycles. The Morgan fingerprint density at radius 2 is 1.91 bits per heavy atom. The third-order valence-corrected chi connectivity index (χ3v) is 5.56. The van der Waals surface area contributed by atoms with Crippen molar-refractivity contribution in [3.8, 4) is 0 Å². The SMILES string of the molecule is CN1CCN(C2=Nc3ncc(Br)cc3N3CS(=O)(=O)N=C23)CC1. The van der Waals surface area contributed by atoms with E-state index in [-0.39, 0.29) is 5.88 Å². The smallest absolute Gasteiger partial charge is 0.273 e. The molecule has 122 valence electrons. The molecule has 0 atom stereocenters. The average molecular weight is 399 g/mol. The molecular formula is C13H15BrN6O2S. The summed E-state index contributed by atoms with van der Waals surface area (Å²) in [5.74, 6) is 1.36. The monoisotopic (exact) mass is 398 g/mol. The minimum atomic E-state index is -3.51. The highest BCUT2D eigenvalue weighted by molar-refractivity contribution is 9.10. The molecule has 0 aromatic carbocycles. The van der Waals surface area contributed by atoms with Gasteiger partial charge in [0.2, 0.25) is 0 Å². The number of fused-ring (bicyclic) bond motifs is 3. The largest absolute Gasteiger partial charge is 0.351 e. The van der Waals surface area contributed by atoms with E-state index in [1.165, 1.54) is 0 Å². The van der Waals surface area contributed by atoms with Crippen LogP contribution in [0.1, 0.15) is 0 Å². The van der Waals surface area contributed by atoms with Crippen LogP contribution in [0.5, 0.6) is 0 Å². The molecule has 1 aromatic rings. The van der Waals surface area contributed by atoms with Gasteiger partial charge in [0.1, 0.15) is 5.88 Å². The number of piperazine rings is 1. The topological polar surface area (TPSA) is 81.5 Å². The Morgan fingerprint density at radius 1 is 1.17 bits per heavy atom. The predicted molar refractivity (Wildman–Crippen MR) is 91.8 cm³/mol. The molecule has 23 heavy (non-hydrogen) atoms. The van der Waals surface area contributed by atoms with Gasteiger partial charge < -0.3 is 14.7 Å². The van der Waals surface area contributed by atoms with Gasteiger partial charge in [-0.3, -0.25) is 0 Å². The summed E-state index contributed by atoms with van der Waals surface area (Å²) < 4.78 is 28.8. The Balaban J connectivity index is 1.82. The van der Waals surface area contributed by atoms with Crippen molar-refractivity contribution in [2.75, 3.05) is 44.0 Å². The van der Waals surface area contributed by atoms with Gasteiger partial charge in [0, 0.05) is 36.8 Å². The number of aliphatic imine (C=N–C) groups is 1. The number of halogens is 1. The van der Waals surface area contributed by atoms with Gasteiger partial charge in [0.25, 0.3) is 10.0 Å². The highest BCUT2D eigenvalue weighted by atomic mass is 79.9. The Bertz CT molecular complexity index is 829. The molecule has 4 rings (SSSR count). The van der Waals surface area contributed by atoms with E-state index in [4.69, 9.17) is 0 Å². The van der Waals surface area contributed by atoms with Gasteiger partial charge in [-0.05, 0) is 29.0 Å². The first-order valence-corrected chi connectivity index (χ1v) is 9.61. The van der Waals surface area contributed by atoms with Crippen molar-refractivity contribution < 1.29 is 8.42 Å². The van der Waals surface area contributed by atoms with Crippen molar-refractivity contribution >= 4 is 49.1 Å². The lowest BCUT2D eigenvalue weighted by molar-refractivity contribution is 0.217. The van der Waals surface area contributed by atoms with Crippen LogP contribution in [0.15, 0.2) is 26.1 Å². The molecule has 0 radical (unpaired) electrons. The van der Waals surface area contributed by atoms with Crippen LogP contribution >= 0.6 is 15.9 Å². The normalized spacial score (nSPS) is 23.2. The summed E-state index contributed by atoms with van der Waals surface area (Å²) in [7, 11) is -1.45. The number of aromatic nitrogens is 1. The van der Waals surface area contributed by atoms with Gasteiger partial charge in [-0.25, -0.2) is 18.4 Å². The van der Waals surface area contributed by atoms with Crippen molar-refractivity contribution in [2.45, 2.75) is 0 Å². The molecule has 3 aliphatic heterocycles. The molecule has 8 nitrogen and oxygen atoms in total.